The lowest BCUT2D eigenvalue weighted by Crippen LogP contribution is -2.30. The molecular weight excluding hydrogens is 200 g/mol. The molecule has 0 aromatic heterocycles. The fourth-order valence-corrected chi connectivity index (χ4v) is 2.20. The van der Waals surface area contributed by atoms with Crippen molar-refractivity contribution in [3.63, 3.8) is 0 Å². The number of carboxylic acids is 1. The molecule has 0 spiro atoms. The minimum Gasteiger partial charge on any atom is -0.481 e. The minimum atomic E-state index is -0.691. The number of rotatable bonds is 7. The van der Waals surface area contributed by atoms with E-state index in [4.69, 9.17) is 5.11 Å². The maximum absolute atomic E-state index is 11.1. The van der Waals surface area contributed by atoms with Crippen molar-refractivity contribution in [1.29, 1.82) is 0 Å². The Morgan fingerprint density at radius 1 is 1.25 bits per heavy atom. The molecule has 0 aliphatic carbocycles. The minimum absolute atomic E-state index is 0.116. The van der Waals surface area contributed by atoms with Crippen LogP contribution in [0.3, 0.4) is 0 Å². The van der Waals surface area contributed by atoms with E-state index in [1.807, 2.05) is 13.8 Å². The van der Waals surface area contributed by atoms with Gasteiger partial charge in [-0.15, -0.1) is 0 Å². The summed E-state index contributed by atoms with van der Waals surface area (Å²) in [6.45, 7) is 12.5. The topological polar surface area (TPSA) is 37.3 Å². The smallest absolute Gasteiger partial charge is 0.309 e. The average Bonchev–Trinajstić information content (AvgIpc) is 2.12. The Morgan fingerprint density at radius 3 is 2.12 bits per heavy atom. The highest BCUT2D eigenvalue weighted by Gasteiger charge is 2.34. The van der Waals surface area contributed by atoms with Gasteiger partial charge < -0.3 is 5.11 Å². The lowest BCUT2D eigenvalue weighted by molar-refractivity contribution is -0.148. The molecule has 2 heteroatoms. The van der Waals surface area contributed by atoms with Gasteiger partial charge in [-0.1, -0.05) is 40.5 Å². The van der Waals surface area contributed by atoms with Crippen molar-refractivity contribution in [1.82, 2.24) is 0 Å². The van der Waals surface area contributed by atoms with Gasteiger partial charge in [0.05, 0.1) is 5.41 Å². The molecule has 0 bridgehead atoms. The Labute approximate surface area is 100 Å². The van der Waals surface area contributed by atoms with E-state index in [1.54, 1.807) is 0 Å². The van der Waals surface area contributed by atoms with E-state index in [0.29, 0.717) is 0 Å². The SMILES string of the molecule is CCC(C)CCC(C)(C)CC(C)(C)C(=O)O. The first-order valence-electron chi connectivity index (χ1n) is 6.34. The molecule has 0 amide bonds. The number of hydrogen-bond acceptors (Lipinski definition) is 1. The van der Waals surface area contributed by atoms with Crippen molar-refractivity contribution < 1.29 is 9.90 Å². The number of aliphatic carboxylic acids is 1. The Bertz CT molecular complexity index is 229. The van der Waals surface area contributed by atoms with Gasteiger partial charge in [-0.3, -0.25) is 4.79 Å². The lowest BCUT2D eigenvalue weighted by Gasteiger charge is -2.33. The number of carbonyl (C=O) groups is 1. The highest BCUT2D eigenvalue weighted by molar-refractivity contribution is 5.73. The Kier molecular flexibility index (Phi) is 5.51. The first-order valence-corrected chi connectivity index (χ1v) is 6.34. The molecule has 0 radical (unpaired) electrons. The Balaban J connectivity index is 4.29. The summed E-state index contributed by atoms with van der Waals surface area (Å²) in [5.41, 5.74) is -0.496. The van der Waals surface area contributed by atoms with Gasteiger partial charge in [-0.2, -0.15) is 0 Å². The maximum atomic E-state index is 11.1. The Hall–Kier alpha value is -0.530. The molecule has 1 unspecified atom stereocenters. The highest BCUT2D eigenvalue weighted by atomic mass is 16.4. The quantitative estimate of drug-likeness (QED) is 0.703. The molecule has 0 aromatic rings. The van der Waals surface area contributed by atoms with Crippen molar-refractivity contribution in [2.24, 2.45) is 16.7 Å². The number of hydrogen-bond donors (Lipinski definition) is 1. The summed E-state index contributed by atoms with van der Waals surface area (Å²) in [7, 11) is 0. The molecule has 0 aromatic carbocycles. The summed E-state index contributed by atoms with van der Waals surface area (Å²) in [5.74, 6) is 0.0522. The van der Waals surface area contributed by atoms with Crippen LogP contribution in [0.5, 0.6) is 0 Å². The third kappa shape index (κ3) is 5.53. The van der Waals surface area contributed by atoms with Crippen LogP contribution in [0.4, 0.5) is 0 Å². The van der Waals surface area contributed by atoms with Crippen LogP contribution in [0.25, 0.3) is 0 Å². The van der Waals surface area contributed by atoms with Gasteiger partial charge in [0.1, 0.15) is 0 Å². The Morgan fingerprint density at radius 2 is 1.75 bits per heavy atom. The van der Waals surface area contributed by atoms with E-state index in [9.17, 15) is 4.79 Å². The molecule has 0 aliphatic heterocycles. The van der Waals surface area contributed by atoms with Crippen LogP contribution < -0.4 is 0 Å². The molecule has 2 nitrogen and oxygen atoms in total. The number of carboxylic acid groups (broad SMARTS) is 1. The summed E-state index contributed by atoms with van der Waals surface area (Å²) >= 11 is 0. The van der Waals surface area contributed by atoms with Crippen LogP contribution in [0.2, 0.25) is 0 Å². The van der Waals surface area contributed by atoms with E-state index in [2.05, 4.69) is 27.7 Å². The van der Waals surface area contributed by atoms with Crippen LogP contribution >= 0.6 is 0 Å². The summed E-state index contributed by atoms with van der Waals surface area (Å²) in [4.78, 5) is 11.1. The van der Waals surface area contributed by atoms with Gasteiger partial charge in [0.15, 0.2) is 0 Å². The van der Waals surface area contributed by atoms with Gasteiger partial charge in [0.25, 0.3) is 0 Å². The van der Waals surface area contributed by atoms with Crippen LogP contribution in [0.1, 0.15) is 67.2 Å². The predicted molar refractivity (Wildman–Crippen MR) is 68.5 cm³/mol. The molecule has 0 fully saturated rings. The van der Waals surface area contributed by atoms with E-state index in [-0.39, 0.29) is 5.41 Å². The summed E-state index contributed by atoms with van der Waals surface area (Å²) in [6, 6.07) is 0. The first kappa shape index (κ1) is 15.5. The van der Waals surface area contributed by atoms with Crippen LogP contribution in [-0.2, 0) is 4.79 Å². The standard InChI is InChI=1S/C14H28O2/c1-7-11(2)8-9-13(3,4)10-14(5,6)12(15)16/h11H,7-10H2,1-6H3,(H,15,16). The lowest BCUT2D eigenvalue weighted by atomic mass is 9.72. The van der Waals surface area contributed by atoms with Gasteiger partial charge >= 0.3 is 5.97 Å². The highest BCUT2D eigenvalue weighted by Crippen LogP contribution is 2.38. The molecule has 1 N–H and O–H groups in total. The maximum Gasteiger partial charge on any atom is 0.309 e. The fraction of sp³-hybridized carbons (Fsp3) is 0.929. The third-order valence-corrected chi connectivity index (χ3v) is 3.51. The zero-order chi connectivity index (χ0) is 13.0. The summed E-state index contributed by atoms with van der Waals surface area (Å²) in [5, 5.41) is 9.13. The second-order valence-electron chi connectivity index (χ2n) is 6.58. The second kappa shape index (κ2) is 5.70. The molecule has 0 heterocycles. The van der Waals surface area contributed by atoms with Crippen molar-refractivity contribution in [3.8, 4) is 0 Å². The summed E-state index contributed by atoms with van der Waals surface area (Å²) < 4.78 is 0. The largest absolute Gasteiger partial charge is 0.481 e. The second-order valence-corrected chi connectivity index (χ2v) is 6.58. The average molecular weight is 228 g/mol. The van der Waals surface area contributed by atoms with Gasteiger partial charge in [-0.25, -0.2) is 0 Å². The van der Waals surface area contributed by atoms with Crippen molar-refractivity contribution in [3.05, 3.63) is 0 Å². The zero-order valence-electron chi connectivity index (χ0n) is 11.8. The molecular formula is C14H28O2. The molecule has 0 saturated heterocycles. The molecule has 0 rings (SSSR count). The molecule has 0 aliphatic rings. The summed E-state index contributed by atoms with van der Waals surface area (Å²) in [6.07, 6.45) is 4.25. The molecule has 0 saturated carbocycles. The molecule has 1 atom stereocenters. The van der Waals surface area contributed by atoms with Crippen LogP contribution in [0.15, 0.2) is 0 Å². The van der Waals surface area contributed by atoms with Crippen molar-refractivity contribution in [2.45, 2.75) is 67.2 Å². The van der Waals surface area contributed by atoms with Crippen molar-refractivity contribution in [2.75, 3.05) is 0 Å². The molecule has 16 heavy (non-hydrogen) atoms. The van der Waals surface area contributed by atoms with E-state index in [1.165, 1.54) is 12.8 Å². The van der Waals surface area contributed by atoms with Gasteiger partial charge in [-0.05, 0) is 38.0 Å². The van der Waals surface area contributed by atoms with E-state index >= 15 is 0 Å². The van der Waals surface area contributed by atoms with Crippen LogP contribution in [-0.4, -0.2) is 11.1 Å². The normalized spacial score (nSPS) is 14.9. The fourth-order valence-electron chi connectivity index (χ4n) is 2.20. The predicted octanol–water partition coefficient (Wildman–Crippen LogP) is 4.34. The first-order chi connectivity index (χ1) is 7.10. The van der Waals surface area contributed by atoms with E-state index in [0.717, 1.165) is 18.8 Å². The van der Waals surface area contributed by atoms with Gasteiger partial charge in [0, 0.05) is 0 Å². The van der Waals surface area contributed by atoms with E-state index < -0.39 is 11.4 Å². The molecule has 96 valence electrons. The zero-order valence-corrected chi connectivity index (χ0v) is 11.8. The van der Waals surface area contributed by atoms with Gasteiger partial charge in [0.2, 0.25) is 0 Å². The monoisotopic (exact) mass is 228 g/mol. The van der Waals surface area contributed by atoms with Crippen molar-refractivity contribution >= 4 is 5.97 Å². The van der Waals surface area contributed by atoms with Crippen LogP contribution in [0, 0.1) is 16.7 Å². The third-order valence-electron chi connectivity index (χ3n) is 3.51.